The van der Waals surface area contributed by atoms with Crippen LogP contribution in [0.1, 0.15) is 53.5 Å². The average molecular weight is 860 g/mol. The van der Waals surface area contributed by atoms with Crippen LogP contribution in [-0.2, 0) is 92.2 Å². The molecule has 2 heterocycles. The lowest BCUT2D eigenvalue weighted by molar-refractivity contribution is -0.353. The van der Waals surface area contributed by atoms with E-state index in [1.54, 1.807) is 37.3 Å². The minimum atomic E-state index is -6.04. The third kappa shape index (κ3) is 14.7. The standard InChI is InChI=1S/C35H48F3NO18S/c1-7-13-49-33-27(39-19(2)40)30(48-14-15-51-58(45,46)35(36,37)38)28(25(55-33)17-47-16-24-11-9-8-10-12-24)57-34-32(54-23(6)44)31(53-22(5)43)29(52-21(4)42)26(56-34)18-50-20(3)41/h8-12,25-34H,7,13-18H2,1-6H3,(H,39,40)/t25-,26?,27?,28+,29-,30?,31?,32?,33+,34-/m0/s1. The van der Waals surface area contributed by atoms with Crippen LogP contribution in [0.2, 0.25) is 0 Å². The van der Waals surface area contributed by atoms with E-state index in [4.69, 9.17) is 47.4 Å². The van der Waals surface area contributed by atoms with Crippen molar-refractivity contribution in [3.05, 3.63) is 35.9 Å². The highest BCUT2D eigenvalue weighted by molar-refractivity contribution is 7.87. The number of halogens is 3. The average Bonchev–Trinajstić information content (AvgIpc) is 3.11. The van der Waals surface area contributed by atoms with Gasteiger partial charge in [0.15, 0.2) is 30.9 Å². The molecule has 0 aliphatic carbocycles. The van der Waals surface area contributed by atoms with E-state index in [-0.39, 0.29) is 19.8 Å². The highest BCUT2D eigenvalue weighted by Gasteiger charge is 2.56. The lowest BCUT2D eigenvalue weighted by atomic mass is 9.94. The van der Waals surface area contributed by atoms with Gasteiger partial charge in [0.2, 0.25) is 5.91 Å². The largest absolute Gasteiger partial charge is 0.523 e. The summed E-state index contributed by atoms with van der Waals surface area (Å²) in [5.74, 6) is -4.23. The first-order valence-electron chi connectivity index (χ1n) is 17.9. The number of nitrogens with one attached hydrogen (secondary N) is 1. The smallest absolute Gasteiger partial charge is 0.463 e. The zero-order chi connectivity index (χ0) is 43.2. The van der Waals surface area contributed by atoms with Crippen molar-refractivity contribution in [2.24, 2.45) is 0 Å². The van der Waals surface area contributed by atoms with E-state index in [2.05, 4.69) is 9.50 Å². The molecule has 1 aromatic carbocycles. The second-order valence-corrected chi connectivity index (χ2v) is 14.5. The quantitative estimate of drug-likeness (QED) is 0.0645. The minimum Gasteiger partial charge on any atom is -0.463 e. The summed E-state index contributed by atoms with van der Waals surface area (Å²) in [7, 11) is -6.04. The molecule has 23 heteroatoms. The van der Waals surface area contributed by atoms with Gasteiger partial charge in [-0.3, -0.25) is 28.2 Å². The number of hydrogen-bond donors (Lipinski definition) is 1. The Balaban J connectivity index is 2.16. The molecule has 328 valence electrons. The molecule has 0 spiro atoms. The third-order valence-corrected chi connectivity index (χ3v) is 9.10. The molecule has 0 radical (unpaired) electrons. The molecule has 1 N–H and O–H groups in total. The van der Waals surface area contributed by atoms with Crippen LogP contribution in [0.25, 0.3) is 0 Å². The molecule has 2 aliphatic heterocycles. The first-order valence-corrected chi connectivity index (χ1v) is 19.3. The predicted octanol–water partition coefficient (Wildman–Crippen LogP) is 1.58. The van der Waals surface area contributed by atoms with E-state index in [1.165, 1.54) is 0 Å². The van der Waals surface area contributed by atoms with E-state index in [0.717, 1.165) is 40.2 Å². The summed E-state index contributed by atoms with van der Waals surface area (Å²) >= 11 is 0. The maximum Gasteiger partial charge on any atom is 0.523 e. The van der Waals surface area contributed by atoms with Crippen molar-refractivity contribution in [1.82, 2.24) is 5.32 Å². The first kappa shape index (κ1) is 48.4. The number of alkyl halides is 3. The van der Waals surface area contributed by atoms with Gasteiger partial charge in [-0.05, 0) is 12.0 Å². The summed E-state index contributed by atoms with van der Waals surface area (Å²) < 4.78 is 125. The Morgan fingerprint density at radius 1 is 0.707 bits per heavy atom. The van der Waals surface area contributed by atoms with Gasteiger partial charge in [-0.15, -0.1) is 0 Å². The fourth-order valence-electron chi connectivity index (χ4n) is 5.88. The number of esters is 4. The Morgan fingerprint density at radius 3 is 1.86 bits per heavy atom. The number of hydrogen-bond acceptors (Lipinski definition) is 18. The van der Waals surface area contributed by atoms with E-state index in [1.807, 2.05) is 0 Å². The van der Waals surface area contributed by atoms with Crippen LogP contribution >= 0.6 is 0 Å². The molecule has 19 nitrogen and oxygen atoms in total. The zero-order valence-electron chi connectivity index (χ0n) is 32.5. The van der Waals surface area contributed by atoms with E-state index >= 15 is 0 Å². The highest BCUT2D eigenvalue weighted by Crippen LogP contribution is 2.35. The number of amides is 1. The van der Waals surface area contributed by atoms with Gasteiger partial charge in [0, 0.05) is 41.2 Å². The van der Waals surface area contributed by atoms with Gasteiger partial charge >= 0.3 is 39.5 Å². The monoisotopic (exact) mass is 859 g/mol. The van der Waals surface area contributed by atoms with Crippen LogP contribution in [0.5, 0.6) is 0 Å². The molecule has 5 unspecified atom stereocenters. The fourth-order valence-corrected chi connectivity index (χ4v) is 6.30. The summed E-state index contributed by atoms with van der Waals surface area (Å²) in [6.45, 7) is 4.17. The molecule has 2 saturated heterocycles. The van der Waals surface area contributed by atoms with Gasteiger partial charge in [0.25, 0.3) is 0 Å². The molecule has 3 rings (SSSR count). The van der Waals surface area contributed by atoms with Crippen LogP contribution in [0.3, 0.4) is 0 Å². The number of ether oxygens (including phenoxy) is 10. The molecular weight excluding hydrogens is 811 g/mol. The molecule has 2 aliphatic rings. The summed E-state index contributed by atoms with van der Waals surface area (Å²) in [6.07, 6.45) is -13.5. The number of carbonyl (C=O) groups is 5. The van der Waals surface area contributed by atoms with Gasteiger partial charge < -0.3 is 52.7 Å². The summed E-state index contributed by atoms with van der Waals surface area (Å²) in [5, 5.41) is 2.61. The zero-order valence-corrected chi connectivity index (χ0v) is 33.3. The lowest BCUT2D eigenvalue weighted by Crippen LogP contribution is -2.69. The molecule has 0 saturated carbocycles. The van der Waals surface area contributed by atoms with Crippen molar-refractivity contribution in [2.45, 2.75) is 121 Å². The summed E-state index contributed by atoms with van der Waals surface area (Å²) in [6, 6.07) is 7.52. The van der Waals surface area contributed by atoms with Crippen LogP contribution < -0.4 is 5.32 Å². The van der Waals surface area contributed by atoms with Crippen molar-refractivity contribution in [3.63, 3.8) is 0 Å². The van der Waals surface area contributed by atoms with E-state index in [0.29, 0.717) is 6.42 Å². The molecule has 1 amide bonds. The third-order valence-electron chi connectivity index (χ3n) is 8.05. The Morgan fingerprint density at radius 2 is 1.29 bits per heavy atom. The number of benzene rings is 1. The Labute approximate surface area is 332 Å². The van der Waals surface area contributed by atoms with Crippen LogP contribution in [0, 0.1) is 0 Å². The number of rotatable bonds is 20. The van der Waals surface area contributed by atoms with Crippen LogP contribution in [0.15, 0.2) is 30.3 Å². The van der Waals surface area contributed by atoms with Gasteiger partial charge in [-0.1, -0.05) is 37.3 Å². The molecule has 2 fully saturated rings. The minimum absolute atomic E-state index is 0.0245. The first-order chi connectivity index (χ1) is 27.2. The molecule has 0 bridgehead atoms. The van der Waals surface area contributed by atoms with Crippen molar-refractivity contribution in [2.75, 3.05) is 33.0 Å². The van der Waals surface area contributed by atoms with Crippen molar-refractivity contribution < 1.29 is 97.1 Å². The van der Waals surface area contributed by atoms with Crippen molar-refractivity contribution in [3.8, 4) is 0 Å². The van der Waals surface area contributed by atoms with Crippen LogP contribution in [-0.4, -0.2) is 138 Å². The second kappa shape index (κ2) is 22.4. The molecule has 58 heavy (non-hydrogen) atoms. The fraction of sp³-hybridized carbons (Fsp3) is 0.686. The highest BCUT2D eigenvalue weighted by atomic mass is 32.2. The maximum absolute atomic E-state index is 13.1. The molecule has 1 aromatic rings. The predicted molar refractivity (Wildman–Crippen MR) is 186 cm³/mol. The molecular formula is C35H48F3NO18S. The molecule has 0 aromatic heterocycles. The summed E-state index contributed by atoms with van der Waals surface area (Å²) in [4.78, 5) is 61.6. The van der Waals surface area contributed by atoms with E-state index in [9.17, 15) is 45.6 Å². The number of carbonyl (C=O) groups excluding carboxylic acids is 5. The Hall–Kier alpha value is -3.97. The van der Waals surface area contributed by atoms with Gasteiger partial charge in [0.05, 0.1) is 26.4 Å². The van der Waals surface area contributed by atoms with Gasteiger partial charge in [-0.2, -0.15) is 21.6 Å². The van der Waals surface area contributed by atoms with Gasteiger partial charge in [0.1, 0.15) is 37.1 Å². The molecule has 10 atom stereocenters. The van der Waals surface area contributed by atoms with Crippen LogP contribution in [0.4, 0.5) is 13.2 Å². The SMILES string of the molecule is CCCO[C@@H]1O[C@@H](COCc2ccccc2)[C@@H](O[C@@H]2OC(COC(C)=O)[C@H](OC(C)=O)C(OC(C)=O)C2OC(C)=O)C(OCCOS(=O)(=O)C(F)(F)F)C1NC(C)=O. The summed E-state index contributed by atoms with van der Waals surface area (Å²) in [5.41, 5.74) is -5.01. The second-order valence-electron chi connectivity index (χ2n) is 12.9. The Bertz CT molecular complexity index is 1630. The van der Waals surface area contributed by atoms with E-state index < -0.39 is 127 Å². The maximum atomic E-state index is 13.1. The Kier molecular flexibility index (Phi) is 18.7. The normalized spacial score (nSPS) is 27.5. The lowest BCUT2D eigenvalue weighted by Gasteiger charge is -2.49. The van der Waals surface area contributed by atoms with Crippen molar-refractivity contribution in [1.29, 1.82) is 0 Å². The van der Waals surface area contributed by atoms with Crippen molar-refractivity contribution >= 4 is 39.9 Å². The topological polar surface area (TPSA) is 233 Å². The van der Waals surface area contributed by atoms with Gasteiger partial charge in [-0.25, -0.2) is 0 Å².